The van der Waals surface area contributed by atoms with Crippen LogP contribution in [0.5, 0.6) is 0 Å². The van der Waals surface area contributed by atoms with Crippen LogP contribution in [0.1, 0.15) is 66.1 Å². The van der Waals surface area contributed by atoms with Gasteiger partial charge in [-0.1, -0.05) is 86.6 Å². The van der Waals surface area contributed by atoms with E-state index in [-0.39, 0.29) is 26.6 Å². The molecule has 56 heavy (non-hydrogen) atoms. The number of hydrogen-bond acceptors (Lipinski definition) is 10. The molecule has 0 bridgehead atoms. The standard InChI is InChI=1S/C40H43F3N4O7S2/c1-39(2,3)22-24-46(56(51,52)29-17-15-26(16-18-29)31-21-23-45-54-31)30(25-48)32-19-20-33(55-32)36(40(41,42)43)47(38(50)53-4)37(49)35(44)34(27-11-7-5-8-12-27)28-13-9-6-10-14-28/h5-21,23,30,34-36,48H,22,24-25,44H2,1-4H3/t30-,35+,36-/m1/s1. The number of aliphatic hydroxyl groups excluding tert-OH is 1. The van der Waals surface area contributed by atoms with Crippen molar-refractivity contribution >= 4 is 33.4 Å². The van der Waals surface area contributed by atoms with E-state index in [4.69, 9.17) is 15.0 Å². The van der Waals surface area contributed by atoms with Crippen molar-refractivity contribution in [1.29, 1.82) is 0 Å². The number of benzene rings is 3. The molecule has 11 nitrogen and oxygen atoms in total. The summed E-state index contributed by atoms with van der Waals surface area (Å²) in [5.41, 5.74) is 7.77. The van der Waals surface area contributed by atoms with E-state index >= 15 is 13.2 Å². The van der Waals surface area contributed by atoms with Crippen LogP contribution in [0.3, 0.4) is 0 Å². The molecule has 0 aliphatic rings. The van der Waals surface area contributed by atoms with Gasteiger partial charge in [0.2, 0.25) is 10.0 Å². The first kappa shape index (κ1) is 42.3. The highest BCUT2D eigenvalue weighted by molar-refractivity contribution is 7.89. The zero-order valence-corrected chi connectivity index (χ0v) is 32.7. The Kier molecular flexibility index (Phi) is 13.2. The van der Waals surface area contributed by atoms with E-state index in [0.29, 0.717) is 40.2 Å². The highest BCUT2D eigenvalue weighted by Crippen LogP contribution is 2.44. The summed E-state index contributed by atoms with van der Waals surface area (Å²) in [5, 5.41) is 14.4. The third kappa shape index (κ3) is 9.56. The zero-order valence-electron chi connectivity index (χ0n) is 31.1. The van der Waals surface area contributed by atoms with Crippen molar-refractivity contribution in [1.82, 2.24) is 14.4 Å². The first-order chi connectivity index (χ1) is 26.5. The molecule has 0 aliphatic carbocycles. The van der Waals surface area contributed by atoms with Crippen LogP contribution in [0.15, 0.2) is 119 Å². The average Bonchev–Trinajstić information content (AvgIpc) is 3.88. The fourth-order valence-corrected chi connectivity index (χ4v) is 9.18. The van der Waals surface area contributed by atoms with Gasteiger partial charge in [0.05, 0.1) is 36.9 Å². The summed E-state index contributed by atoms with van der Waals surface area (Å²) in [6.45, 7) is 4.81. The Morgan fingerprint density at radius 1 is 0.893 bits per heavy atom. The average molecular weight is 813 g/mol. The highest BCUT2D eigenvalue weighted by atomic mass is 32.2. The number of imide groups is 1. The van der Waals surface area contributed by atoms with Crippen molar-refractivity contribution in [2.75, 3.05) is 20.3 Å². The van der Waals surface area contributed by atoms with Gasteiger partial charge in [-0.15, -0.1) is 11.3 Å². The van der Waals surface area contributed by atoms with Crippen molar-refractivity contribution in [2.24, 2.45) is 11.1 Å². The van der Waals surface area contributed by atoms with Crippen LogP contribution < -0.4 is 5.73 Å². The third-order valence-electron chi connectivity index (χ3n) is 9.17. The fourth-order valence-electron chi connectivity index (χ4n) is 6.28. The number of carbonyl (C=O) groups is 2. The molecule has 0 fully saturated rings. The van der Waals surface area contributed by atoms with Gasteiger partial charge in [-0.2, -0.15) is 17.5 Å². The second-order valence-corrected chi connectivity index (χ2v) is 17.3. The van der Waals surface area contributed by atoms with Gasteiger partial charge >= 0.3 is 12.3 Å². The Morgan fingerprint density at radius 3 is 1.95 bits per heavy atom. The van der Waals surface area contributed by atoms with Crippen LogP contribution in [-0.4, -0.2) is 72.4 Å². The lowest BCUT2D eigenvalue weighted by Gasteiger charge is -2.34. The minimum Gasteiger partial charge on any atom is -0.452 e. The molecule has 0 saturated heterocycles. The Bertz CT molecular complexity index is 2120. The van der Waals surface area contributed by atoms with E-state index in [0.717, 1.165) is 17.5 Å². The first-order valence-corrected chi connectivity index (χ1v) is 19.8. The van der Waals surface area contributed by atoms with Crippen LogP contribution in [0.2, 0.25) is 0 Å². The van der Waals surface area contributed by atoms with Gasteiger partial charge in [0.1, 0.15) is 0 Å². The van der Waals surface area contributed by atoms with Crippen molar-refractivity contribution < 1.29 is 45.5 Å². The number of methoxy groups -OCH3 is 1. The molecule has 5 aromatic rings. The highest BCUT2D eigenvalue weighted by Gasteiger charge is 2.52. The molecule has 2 heterocycles. The number of halogens is 3. The molecule has 3 aromatic carbocycles. The van der Waals surface area contributed by atoms with Crippen molar-refractivity contribution in [3.63, 3.8) is 0 Å². The fraction of sp³-hybridized carbons (Fsp3) is 0.325. The largest absolute Gasteiger partial charge is 0.452 e. The molecular formula is C40H43F3N4O7S2. The number of amides is 2. The quantitative estimate of drug-likeness (QED) is 0.114. The van der Waals surface area contributed by atoms with Gasteiger partial charge < -0.3 is 20.1 Å². The van der Waals surface area contributed by atoms with E-state index in [2.05, 4.69) is 5.16 Å². The minimum absolute atomic E-state index is 0.0304. The molecule has 298 valence electrons. The van der Waals surface area contributed by atoms with Crippen LogP contribution in [-0.2, 0) is 19.6 Å². The van der Waals surface area contributed by atoms with E-state index < -0.39 is 63.7 Å². The number of rotatable bonds is 14. The van der Waals surface area contributed by atoms with Gasteiger partial charge in [-0.25, -0.2) is 18.1 Å². The molecule has 5 rings (SSSR count). The van der Waals surface area contributed by atoms with Gasteiger partial charge in [-0.3, -0.25) is 4.79 Å². The van der Waals surface area contributed by atoms with Crippen LogP contribution in [0, 0.1) is 5.41 Å². The number of carbonyl (C=O) groups excluding carboxylic acids is 2. The summed E-state index contributed by atoms with van der Waals surface area (Å²) >= 11 is 0.513. The Morgan fingerprint density at radius 2 is 1.46 bits per heavy atom. The number of ether oxygens (including phenoxy) is 1. The Hall–Kier alpha value is -4.87. The number of aromatic nitrogens is 1. The molecule has 0 unspecified atom stereocenters. The number of alkyl halides is 3. The molecule has 0 aliphatic heterocycles. The molecule has 3 N–H and O–H groups in total. The number of hydrogen-bond donors (Lipinski definition) is 2. The van der Waals surface area contributed by atoms with Gasteiger partial charge in [-0.05, 0) is 59.4 Å². The predicted octanol–water partition coefficient (Wildman–Crippen LogP) is 7.92. The van der Waals surface area contributed by atoms with Gasteiger partial charge in [0, 0.05) is 33.8 Å². The first-order valence-electron chi connectivity index (χ1n) is 17.5. The number of sulfonamides is 1. The summed E-state index contributed by atoms with van der Waals surface area (Å²) in [7, 11) is -3.52. The predicted molar refractivity (Wildman–Crippen MR) is 205 cm³/mol. The maximum atomic E-state index is 15.3. The SMILES string of the molecule is COC(=O)N(C(=O)[C@@H](N)C(c1ccccc1)c1ccccc1)[C@H](c1ccc([C@@H](CO)N(CCC(C)(C)C)S(=O)(=O)c2ccc(-c3ccno3)cc2)s1)C(F)(F)F. The number of nitrogens with two attached hydrogens (primary N) is 1. The zero-order chi connectivity index (χ0) is 40.8. The number of aliphatic hydroxyl groups is 1. The second kappa shape index (κ2) is 17.5. The molecule has 2 aromatic heterocycles. The van der Waals surface area contributed by atoms with Crippen molar-refractivity contribution in [2.45, 2.75) is 62.3 Å². The molecule has 16 heteroatoms. The summed E-state index contributed by atoms with van der Waals surface area (Å²) in [6.07, 6.45) is -5.06. The minimum atomic E-state index is -5.24. The maximum absolute atomic E-state index is 15.3. The maximum Gasteiger partial charge on any atom is 0.417 e. The molecule has 3 atom stereocenters. The van der Waals surface area contributed by atoms with Gasteiger partial charge in [0.25, 0.3) is 5.91 Å². The summed E-state index contributed by atoms with van der Waals surface area (Å²) < 4.78 is 85.4. The van der Waals surface area contributed by atoms with Gasteiger partial charge in [0.15, 0.2) is 11.8 Å². The lowest BCUT2D eigenvalue weighted by atomic mass is 9.84. The normalized spacial score (nSPS) is 14.1. The van der Waals surface area contributed by atoms with E-state index in [9.17, 15) is 23.1 Å². The molecule has 2 amide bonds. The third-order valence-corrected chi connectivity index (χ3v) is 12.3. The Balaban J connectivity index is 1.55. The Labute approximate surface area is 327 Å². The lowest BCUT2D eigenvalue weighted by Crippen LogP contribution is -2.53. The lowest BCUT2D eigenvalue weighted by molar-refractivity contribution is -0.186. The molecule has 0 spiro atoms. The summed E-state index contributed by atoms with van der Waals surface area (Å²) in [6, 6.07) is 20.8. The van der Waals surface area contributed by atoms with Crippen LogP contribution in [0.25, 0.3) is 11.3 Å². The van der Waals surface area contributed by atoms with E-state index in [1.165, 1.54) is 36.5 Å². The monoisotopic (exact) mass is 812 g/mol. The van der Waals surface area contributed by atoms with E-state index in [1.807, 2.05) is 20.8 Å². The van der Waals surface area contributed by atoms with Crippen LogP contribution >= 0.6 is 11.3 Å². The summed E-state index contributed by atoms with van der Waals surface area (Å²) in [5.74, 6) is -1.89. The second-order valence-electron chi connectivity index (χ2n) is 14.2. The van der Waals surface area contributed by atoms with Crippen molar-refractivity contribution in [3.8, 4) is 11.3 Å². The smallest absolute Gasteiger partial charge is 0.417 e. The molecule has 0 radical (unpaired) electrons. The topological polar surface area (TPSA) is 156 Å². The number of thiophene rings is 1. The number of nitrogens with zero attached hydrogens (tertiary/aromatic N) is 3. The molecule has 0 saturated carbocycles. The van der Waals surface area contributed by atoms with Crippen LogP contribution in [0.4, 0.5) is 18.0 Å². The molecular weight excluding hydrogens is 770 g/mol. The summed E-state index contributed by atoms with van der Waals surface area (Å²) in [4.78, 5) is 26.9. The van der Waals surface area contributed by atoms with Crippen molar-refractivity contribution in [3.05, 3.63) is 130 Å². The van der Waals surface area contributed by atoms with E-state index in [1.54, 1.807) is 66.7 Å².